The molecule has 2 fully saturated rings. The largest absolute Gasteiger partial charge is 0.340 e. The van der Waals surface area contributed by atoms with E-state index in [1.165, 1.54) is 25.9 Å². The lowest BCUT2D eigenvalue weighted by Gasteiger charge is -2.37. The van der Waals surface area contributed by atoms with Gasteiger partial charge < -0.3 is 14.7 Å². The zero-order chi connectivity index (χ0) is 13.0. The normalized spacial score (nSPS) is 26.8. The molecule has 0 bridgehead atoms. The monoisotopic (exact) mass is 253 g/mol. The quantitative estimate of drug-likeness (QED) is 0.748. The van der Waals surface area contributed by atoms with Gasteiger partial charge in [0.25, 0.3) is 0 Å². The SMILES string of the molecule is CC1CN(C(=O)CCCN2CCCC2)CCN1C. The molecule has 0 aliphatic carbocycles. The molecule has 18 heavy (non-hydrogen) atoms. The van der Waals surface area contributed by atoms with E-state index in [0.717, 1.165) is 39.0 Å². The molecule has 0 aromatic rings. The van der Waals surface area contributed by atoms with Gasteiger partial charge in [0.2, 0.25) is 5.91 Å². The number of likely N-dealkylation sites (tertiary alicyclic amines) is 1. The van der Waals surface area contributed by atoms with Gasteiger partial charge in [0.1, 0.15) is 0 Å². The van der Waals surface area contributed by atoms with Gasteiger partial charge >= 0.3 is 0 Å². The fourth-order valence-corrected chi connectivity index (χ4v) is 2.89. The number of carbonyl (C=O) groups is 1. The van der Waals surface area contributed by atoms with E-state index in [4.69, 9.17) is 0 Å². The lowest BCUT2D eigenvalue weighted by atomic mass is 10.2. The van der Waals surface area contributed by atoms with Crippen molar-refractivity contribution in [1.29, 1.82) is 0 Å². The Morgan fingerprint density at radius 1 is 1.17 bits per heavy atom. The smallest absolute Gasteiger partial charge is 0.222 e. The van der Waals surface area contributed by atoms with Crippen molar-refractivity contribution in [3.8, 4) is 0 Å². The Labute approximate surface area is 111 Å². The second-order valence-corrected chi connectivity index (χ2v) is 5.82. The van der Waals surface area contributed by atoms with Crippen LogP contribution in [0.25, 0.3) is 0 Å². The van der Waals surface area contributed by atoms with Crippen LogP contribution in [0.4, 0.5) is 0 Å². The van der Waals surface area contributed by atoms with Crippen LogP contribution in [-0.4, -0.2) is 73.0 Å². The van der Waals surface area contributed by atoms with E-state index in [0.29, 0.717) is 11.9 Å². The van der Waals surface area contributed by atoms with E-state index in [1.807, 2.05) is 0 Å². The van der Waals surface area contributed by atoms with Crippen LogP contribution in [0.2, 0.25) is 0 Å². The molecular formula is C14H27N3O. The van der Waals surface area contributed by atoms with Gasteiger partial charge in [-0.25, -0.2) is 0 Å². The molecule has 0 N–H and O–H groups in total. The summed E-state index contributed by atoms with van der Waals surface area (Å²) >= 11 is 0. The van der Waals surface area contributed by atoms with Crippen molar-refractivity contribution in [3.63, 3.8) is 0 Å². The van der Waals surface area contributed by atoms with E-state index < -0.39 is 0 Å². The maximum absolute atomic E-state index is 12.1. The molecule has 1 amide bonds. The number of nitrogens with zero attached hydrogens (tertiary/aromatic N) is 3. The van der Waals surface area contributed by atoms with Gasteiger partial charge in [-0.15, -0.1) is 0 Å². The summed E-state index contributed by atoms with van der Waals surface area (Å²) in [6, 6.07) is 0.501. The van der Waals surface area contributed by atoms with Crippen LogP contribution in [-0.2, 0) is 4.79 Å². The molecular weight excluding hydrogens is 226 g/mol. The summed E-state index contributed by atoms with van der Waals surface area (Å²) in [7, 11) is 2.14. The van der Waals surface area contributed by atoms with Crippen molar-refractivity contribution in [2.24, 2.45) is 0 Å². The van der Waals surface area contributed by atoms with Crippen LogP contribution < -0.4 is 0 Å². The number of amides is 1. The number of carbonyl (C=O) groups excluding carboxylic acids is 1. The maximum atomic E-state index is 12.1. The zero-order valence-corrected chi connectivity index (χ0v) is 11.9. The predicted octanol–water partition coefficient (Wildman–Crippen LogP) is 1.02. The average Bonchev–Trinajstić information content (AvgIpc) is 2.85. The summed E-state index contributed by atoms with van der Waals surface area (Å²) < 4.78 is 0. The van der Waals surface area contributed by atoms with Crippen molar-refractivity contribution < 1.29 is 4.79 Å². The van der Waals surface area contributed by atoms with E-state index in [-0.39, 0.29) is 0 Å². The van der Waals surface area contributed by atoms with Crippen LogP contribution in [0.3, 0.4) is 0 Å². The summed E-state index contributed by atoms with van der Waals surface area (Å²) in [4.78, 5) is 19.0. The first-order valence-corrected chi connectivity index (χ1v) is 7.37. The molecule has 0 radical (unpaired) electrons. The molecule has 2 rings (SSSR count). The van der Waals surface area contributed by atoms with Crippen LogP contribution in [0.1, 0.15) is 32.6 Å². The Balaban J connectivity index is 1.64. The summed E-state index contributed by atoms with van der Waals surface area (Å²) in [5.41, 5.74) is 0. The van der Waals surface area contributed by atoms with Gasteiger partial charge in [-0.2, -0.15) is 0 Å². The number of likely N-dealkylation sites (N-methyl/N-ethyl adjacent to an activating group) is 1. The minimum atomic E-state index is 0.356. The number of piperazine rings is 1. The first-order chi connectivity index (χ1) is 8.66. The molecule has 2 aliphatic rings. The van der Waals surface area contributed by atoms with Crippen LogP contribution >= 0.6 is 0 Å². The van der Waals surface area contributed by atoms with Gasteiger partial charge in [0.05, 0.1) is 0 Å². The summed E-state index contributed by atoms with van der Waals surface area (Å²) in [5.74, 6) is 0.356. The Bertz CT molecular complexity index is 276. The molecule has 0 aromatic heterocycles. The number of rotatable bonds is 4. The summed E-state index contributed by atoms with van der Waals surface area (Å²) in [6.07, 6.45) is 4.43. The standard InChI is InChI=1S/C14H27N3O/c1-13-12-17(11-10-15(13)2)14(18)6-5-9-16-7-3-4-8-16/h13H,3-12H2,1-2H3. The molecule has 0 saturated carbocycles. The summed E-state index contributed by atoms with van der Waals surface area (Å²) in [6.45, 7) is 8.60. The Morgan fingerprint density at radius 2 is 1.89 bits per heavy atom. The molecule has 0 aromatic carbocycles. The van der Waals surface area contributed by atoms with Crippen LogP contribution in [0, 0.1) is 0 Å². The van der Waals surface area contributed by atoms with Crippen molar-refractivity contribution in [2.45, 2.75) is 38.6 Å². The minimum absolute atomic E-state index is 0.356. The third kappa shape index (κ3) is 3.69. The molecule has 2 saturated heterocycles. The van der Waals surface area contributed by atoms with Gasteiger partial charge in [0.15, 0.2) is 0 Å². The average molecular weight is 253 g/mol. The van der Waals surface area contributed by atoms with Crippen molar-refractivity contribution >= 4 is 5.91 Å². The van der Waals surface area contributed by atoms with Crippen LogP contribution in [0.5, 0.6) is 0 Å². The molecule has 1 unspecified atom stereocenters. The lowest BCUT2D eigenvalue weighted by Crippen LogP contribution is -2.52. The summed E-state index contributed by atoms with van der Waals surface area (Å²) in [5, 5.41) is 0. The highest BCUT2D eigenvalue weighted by Crippen LogP contribution is 2.11. The van der Waals surface area contributed by atoms with Gasteiger partial charge in [-0.3, -0.25) is 4.79 Å². The van der Waals surface area contributed by atoms with Gasteiger partial charge in [-0.05, 0) is 52.9 Å². The lowest BCUT2D eigenvalue weighted by molar-refractivity contribution is -0.133. The highest BCUT2D eigenvalue weighted by Gasteiger charge is 2.23. The third-order valence-electron chi connectivity index (χ3n) is 4.38. The fraction of sp³-hybridized carbons (Fsp3) is 0.929. The maximum Gasteiger partial charge on any atom is 0.222 e. The van der Waals surface area contributed by atoms with Crippen molar-refractivity contribution in [3.05, 3.63) is 0 Å². The molecule has 104 valence electrons. The second-order valence-electron chi connectivity index (χ2n) is 5.82. The fourth-order valence-electron chi connectivity index (χ4n) is 2.89. The van der Waals surface area contributed by atoms with Gasteiger partial charge in [-0.1, -0.05) is 0 Å². The number of hydrogen-bond donors (Lipinski definition) is 0. The van der Waals surface area contributed by atoms with Crippen molar-refractivity contribution in [2.75, 3.05) is 46.3 Å². The predicted molar refractivity (Wildman–Crippen MR) is 73.6 cm³/mol. The highest BCUT2D eigenvalue weighted by atomic mass is 16.2. The first kappa shape index (κ1) is 13.8. The molecule has 4 heteroatoms. The molecule has 4 nitrogen and oxygen atoms in total. The zero-order valence-electron chi connectivity index (χ0n) is 11.9. The highest BCUT2D eigenvalue weighted by molar-refractivity contribution is 5.76. The first-order valence-electron chi connectivity index (χ1n) is 7.37. The van der Waals surface area contributed by atoms with Gasteiger partial charge in [0, 0.05) is 32.1 Å². The Morgan fingerprint density at radius 3 is 2.56 bits per heavy atom. The molecule has 2 aliphatic heterocycles. The van der Waals surface area contributed by atoms with E-state index in [9.17, 15) is 4.79 Å². The Kier molecular flexibility index (Phi) is 5.01. The number of hydrogen-bond acceptors (Lipinski definition) is 3. The molecule has 2 heterocycles. The van der Waals surface area contributed by atoms with Crippen LogP contribution in [0.15, 0.2) is 0 Å². The third-order valence-corrected chi connectivity index (χ3v) is 4.38. The molecule has 0 spiro atoms. The van der Waals surface area contributed by atoms with Crippen molar-refractivity contribution in [1.82, 2.24) is 14.7 Å². The van der Waals surface area contributed by atoms with E-state index in [1.54, 1.807) is 0 Å². The Hall–Kier alpha value is -0.610. The van der Waals surface area contributed by atoms with E-state index in [2.05, 4.69) is 28.7 Å². The topological polar surface area (TPSA) is 26.8 Å². The second kappa shape index (κ2) is 6.53. The van der Waals surface area contributed by atoms with E-state index >= 15 is 0 Å². The minimum Gasteiger partial charge on any atom is -0.340 e. The molecule has 1 atom stereocenters.